The summed E-state index contributed by atoms with van der Waals surface area (Å²) < 4.78 is 5.31. The van der Waals surface area contributed by atoms with Crippen molar-refractivity contribution in [2.75, 3.05) is 39.4 Å². The zero-order chi connectivity index (χ0) is 17.8. The maximum atomic E-state index is 12.8. The minimum absolute atomic E-state index is 0. The van der Waals surface area contributed by atoms with Crippen molar-refractivity contribution in [2.45, 2.75) is 25.8 Å². The van der Waals surface area contributed by atoms with Gasteiger partial charge in [-0.05, 0) is 25.3 Å². The lowest BCUT2D eigenvalue weighted by atomic mass is 9.95. The molecular formula is C19H28ClN3O3. The Kier molecular flexibility index (Phi) is 7.43. The SMILES string of the molecule is Cc1ccc(C(N)C(=O)N2CCCC(C(=O)N3CCOCC3)C2)cc1.Cl. The smallest absolute Gasteiger partial charge is 0.244 e. The number of nitrogens with two attached hydrogens (primary N) is 1. The van der Waals surface area contributed by atoms with Gasteiger partial charge in [0.2, 0.25) is 11.8 Å². The first kappa shape index (κ1) is 20.7. The molecule has 0 spiro atoms. The third kappa shape index (κ3) is 4.75. The van der Waals surface area contributed by atoms with Gasteiger partial charge in [-0.25, -0.2) is 0 Å². The van der Waals surface area contributed by atoms with Crippen molar-refractivity contribution in [1.29, 1.82) is 0 Å². The second-order valence-corrected chi connectivity index (χ2v) is 6.95. The molecular weight excluding hydrogens is 354 g/mol. The van der Waals surface area contributed by atoms with Crippen LogP contribution < -0.4 is 5.73 Å². The number of halogens is 1. The molecule has 0 aromatic heterocycles. The van der Waals surface area contributed by atoms with E-state index in [0.717, 1.165) is 24.0 Å². The summed E-state index contributed by atoms with van der Waals surface area (Å²) in [5.74, 6) is -0.0749. The summed E-state index contributed by atoms with van der Waals surface area (Å²) in [6.07, 6.45) is 1.67. The van der Waals surface area contributed by atoms with Gasteiger partial charge in [0.1, 0.15) is 6.04 Å². The van der Waals surface area contributed by atoms with Gasteiger partial charge in [-0.3, -0.25) is 9.59 Å². The van der Waals surface area contributed by atoms with Crippen LogP contribution in [0.1, 0.15) is 30.0 Å². The highest BCUT2D eigenvalue weighted by atomic mass is 35.5. The number of benzene rings is 1. The van der Waals surface area contributed by atoms with Crippen LogP contribution in [-0.2, 0) is 14.3 Å². The van der Waals surface area contributed by atoms with E-state index in [2.05, 4.69) is 0 Å². The summed E-state index contributed by atoms with van der Waals surface area (Å²) in [6.45, 7) is 5.63. The molecule has 2 amide bonds. The molecule has 144 valence electrons. The quantitative estimate of drug-likeness (QED) is 0.861. The molecule has 6 nitrogen and oxygen atoms in total. The van der Waals surface area contributed by atoms with E-state index < -0.39 is 6.04 Å². The van der Waals surface area contributed by atoms with Crippen molar-refractivity contribution in [3.8, 4) is 0 Å². The van der Waals surface area contributed by atoms with Crippen molar-refractivity contribution >= 4 is 24.2 Å². The number of nitrogens with zero attached hydrogens (tertiary/aromatic N) is 2. The first-order valence-electron chi connectivity index (χ1n) is 9.03. The lowest BCUT2D eigenvalue weighted by Gasteiger charge is -2.37. The molecule has 2 saturated heterocycles. The van der Waals surface area contributed by atoms with Gasteiger partial charge >= 0.3 is 0 Å². The molecule has 2 aliphatic heterocycles. The minimum atomic E-state index is -0.669. The predicted molar refractivity (Wildman–Crippen MR) is 102 cm³/mol. The number of hydrogen-bond donors (Lipinski definition) is 1. The monoisotopic (exact) mass is 381 g/mol. The highest BCUT2D eigenvalue weighted by Crippen LogP contribution is 2.23. The first-order chi connectivity index (χ1) is 12.1. The van der Waals surface area contributed by atoms with Crippen molar-refractivity contribution in [3.63, 3.8) is 0 Å². The first-order valence-corrected chi connectivity index (χ1v) is 9.03. The van der Waals surface area contributed by atoms with Crippen LogP contribution >= 0.6 is 12.4 Å². The molecule has 0 aliphatic carbocycles. The van der Waals surface area contributed by atoms with Crippen molar-refractivity contribution in [3.05, 3.63) is 35.4 Å². The number of aryl methyl sites for hydroxylation is 1. The number of carbonyl (C=O) groups excluding carboxylic acids is 2. The molecule has 0 bridgehead atoms. The Balaban J connectivity index is 0.00000243. The van der Waals surface area contributed by atoms with E-state index in [1.807, 2.05) is 36.1 Å². The molecule has 2 unspecified atom stereocenters. The fourth-order valence-corrected chi connectivity index (χ4v) is 3.53. The van der Waals surface area contributed by atoms with Gasteiger partial charge in [0, 0.05) is 26.2 Å². The Morgan fingerprint density at radius 3 is 2.42 bits per heavy atom. The lowest BCUT2D eigenvalue weighted by Crippen LogP contribution is -2.50. The molecule has 7 heteroatoms. The minimum Gasteiger partial charge on any atom is -0.378 e. The topological polar surface area (TPSA) is 75.9 Å². The van der Waals surface area contributed by atoms with E-state index in [0.29, 0.717) is 39.4 Å². The second kappa shape index (κ2) is 9.35. The molecule has 2 atom stereocenters. The van der Waals surface area contributed by atoms with Crippen LogP contribution in [0.25, 0.3) is 0 Å². The standard InChI is InChI=1S/C19H27N3O3.ClH/c1-14-4-6-15(7-5-14)17(20)19(24)22-8-2-3-16(13-22)18(23)21-9-11-25-12-10-21;/h4-7,16-17H,2-3,8-13,20H2,1H3;1H. The van der Waals surface area contributed by atoms with E-state index in [4.69, 9.17) is 10.5 Å². The van der Waals surface area contributed by atoms with Crippen molar-refractivity contribution in [1.82, 2.24) is 9.80 Å². The number of morpholine rings is 1. The Bertz CT molecular complexity index is 617. The van der Waals surface area contributed by atoms with E-state index in [-0.39, 0.29) is 30.1 Å². The number of piperidine rings is 1. The zero-order valence-corrected chi connectivity index (χ0v) is 16.0. The number of rotatable bonds is 3. The van der Waals surface area contributed by atoms with Crippen LogP contribution in [0.2, 0.25) is 0 Å². The Hall–Kier alpha value is -1.63. The number of likely N-dealkylation sites (tertiary alicyclic amines) is 1. The zero-order valence-electron chi connectivity index (χ0n) is 15.2. The third-order valence-electron chi connectivity index (χ3n) is 5.11. The van der Waals surface area contributed by atoms with Crippen molar-refractivity contribution in [2.24, 2.45) is 11.7 Å². The van der Waals surface area contributed by atoms with Gasteiger partial charge in [-0.15, -0.1) is 12.4 Å². The normalized spacial score (nSPS) is 21.7. The molecule has 2 fully saturated rings. The molecule has 3 rings (SSSR count). The number of carbonyl (C=O) groups is 2. The summed E-state index contributed by atoms with van der Waals surface area (Å²) in [5.41, 5.74) is 8.13. The third-order valence-corrected chi connectivity index (χ3v) is 5.11. The number of amides is 2. The molecule has 2 heterocycles. The average molecular weight is 382 g/mol. The van der Waals surface area contributed by atoms with Crippen LogP contribution in [-0.4, -0.2) is 61.0 Å². The van der Waals surface area contributed by atoms with Gasteiger partial charge in [0.15, 0.2) is 0 Å². The fraction of sp³-hybridized carbons (Fsp3) is 0.579. The molecule has 1 aromatic carbocycles. The van der Waals surface area contributed by atoms with E-state index >= 15 is 0 Å². The maximum Gasteiger partial charge on any atom is 0.244 e. The predicted octanol–water partition coefficient (Wildman–Crippen LogP) is 1.51. The van der Waals surface area contributed by atoms with Gasteiger partial charge in [-0.2, -0.15) is 0 Å². The van der Waals surface area contributed by atoms with Crippen molar-refractivity contribution < 1.29 is 14.3 Å². The highest BCUT2D eigenvalue weighted by molar-refractivity contribution is 5.85. The van der Waals surface area contributed by atoms with E-state index in [9.17, 15) is 9.59 Å². The Labute approximate surface area is 161 Å². The molecule has 26 heavy (non-hydrogen) atoms. The molecule has 2 aliphatic rings. The maximum absolute atomic E-state index is 12.8. The second-order valence-electron chi connectivity index (χ2n) is 6.95. The van der Waals surface area contributed by atoms with Crippen LogP contribution in [0.3, 0.4) is 0 Å². The number of ether oxygens (including phenoxy) is 1. The van der Waals surface area contributed by atoms with Gasteiger partial charge < -0.3 is 20.3 Å². The van der Waals surface area contributed by atoms with Gasteiger partial charge in [0.25, 0.3) is 0 Å². The van der Waals surface area contributed by atoms with Gasteiger partial charge in [-0.1, -0.05) is 29.8 Å². The highest BCUT2D eigenvalue weighted by Gasteiger charge is 2.33. The lowest BCUT2D eigenvalue weighted by molar-refractivity contribution is -0.144. The van der Waals surface area contributed by atoms with E-state index in [1.54, 1.807) is 4.90 Å². The summed E-state index contributed by atoms with van der Waals surface area (Å²) in [4.78, 5) is 29.1. The van der Waals surface area contributed by atoms with Crippen LogP contribution in [0.5, 0.6) is 0 Å². The Morgan fingerprint density at radius 1 is 1.12 bits per heavy atom. The average Bonchev–Trinajstić information content (AvgIpc) is 2.67. The van der Waals surface area contributed by atoms with Crippen LogP contribution in [0.15, 0.2) is 24.3 Å². The largest absolute Gasteiger partial charge is 0.378 e. The van der Waals surface area contributed by atoms with Crippen LogP contribution in [0, 0.1) is 12.8 Å². The summed E-state index contributed by atoms with van der Waals surface area (Å²) in [6, 6.07) is 7.06. The molecule has 2 N–H and O–H groups in total. The van der Waals surface area contributed by atoms with E-state index in [1.165, 1.54) is 0 Å². The summed E-state index contributed by atoms with van der Waals surface area (Å²) in [5, 5.41) is 0. The molecule has 1 aromatic rings. The summed E-state index contributed by atoms with van der Waals surface area (Å²) in [7, 11) is 0. The summed E-state index contributed by atoms with van der Waals surface area (Å²) >= 11 is 0. The van der Waals surface area contributed by atoms with Gasteiger partial charge in [0.05, 0.1) is 19.1 Å². The molecule has 0 saturated carbocycles. The number of hydrogen-bond acceptors (Lipinski definition) is 4. The fourth-order valence-electron chi connectivity index (χ4n) is 3.53. The Morgan fingerprint density at radius 2 is 1.77 bits per heavy atom. The molecule has 0 radical (unpaired) electrons. The van der Waals surface area contributed by atoms with Crippen LogP contribution in [0.4, 0.5) is 0 Å².